The molecule has 4 rings (SSSR count). The Hall–Kier alpha value is -3.49. The van der Waals surface area contributed by atoms with Crippen LogP contribution in [-0.2, 0) is 57.1 Å². The number of fused-ring (bicyclic) bond motifs is 3. The van der Waals surface area contributed by atoms with Gasteiger partial charge in [0.05, 0.1) is 64.1 Å². The number of esters is 1. The van der Waals surface area contributed by atoms with Crippen molar-refractivity contribution < 1.29 is 77.6 Å². The van der Waals surface area contributed by atoms with Gasteiger partial charge in [0, 0.05) is 51.4 Å². The van der Waals surface area contributed by atoms with Gasteiger partial charge in [-0.05, 0) is 107 Å². The summed E-state index contributed by atoms with van der Waals surface area (Å²) in [6.07, 6.45) is 10.4. The number of amides is 1. The smallest absolute Gasteiger partial charge is 0.329 e. The van der Waals surface area contributed by atoms with E-state index in [1.165, 1.54) is 12.0 Å². The fraction of sp³-hybridized carbons (Fsp3) is 0.768. The van der Waals surface area contributed by atoms with Crippen LogP contribution in [0.4, 0.5) is 0 Å². The Balaban J connectivity index is 1.69. The Morgan fingerprint density at radius 1 is 0.822 bits per heavy atom. The van der Waals surface area contributed by atoms with Gasteiger partial charge in [-0.15, -0.1) is 0 Å². The molecule has 1 saturated carbocycles. The van der Waals surface area contributed by atoms with Crippen LogP contribution in [0.1, 0.15) is 126 Å². The van der Waals surface area contributed by atoms with E-state index in [-0.39, 0.29) is 87.7 Å². The van der Waals surface area contributed by atoms with Gasteiger partial charge in [-0.25, -0.2) is 4.79 Å². The average Bonchev–Trinajstić information content (AvgIpc) is 3.37. The summed E-state index contributed by atoms with van der Waals surface area (Å²) in [6.45, 7) is 13.8. The van der Waals surface area contributed by atoms with E-state index in [2.05, 4.69) is 0 Å². The number of nitrogens with zero attached hydrogens (tertiary/aromatic N) is 1. The van der Waals surface area contributed by atoms with Crippen LogP contribution in [0.2, 0.25) is 0 Å². The summed E-state index contributed by atoms with van der Waals surface area (Å²) in [4.78, 5) is 72.5. The van der Waals surface area contributed by atoms with Crippen LogP contribution in [0.3, 0.4) is 0 Å². The van der Waals surface area contributed by atoms with E-state index in [1.807, 2.05) is 51.2 Å². The van der Waals surface area contributed by atoms with Gasteiger partial charge >= 0.3 is 5.97 Å². The van der Waals surface area contributed by atoms with E-state index < -0.39 is 83.9 Å². The van der Waals surface area contributed by atoms with Crippen LogP contribution >= 0.6 is 0 Å². The highest BCUT2D eigenvalue weighted by molar-refractivity contribution is 6.39. The second-order valence-corrected chi connectivity index (χ2v) is 21.2. The summed E-state index contributed by atoms with van der Waals surface area (Å²) in [7, 11) is 2.93. The number of carbonyl (C=O) groups is 5. The third kappa shape index (κ3) is 18.4. The van der Waals surface area contributed by atoms with E-state index in [9.17, 15) is 39.3 Å². The fourth-order valence-corrected chi connectivity index (χ4v) is 10.7. The largest absolute Gasteiger partial charge is 0.460 e. The second kappa shape index (κ2) is 30.9. The van der Waals surface area contributed by atoms with Gasteiger partial charge in [0.25, 0.3) is 11.7 Å². The number of hydrogen-bond acceptors (Lipinski definition) is 16. The highest BCUT2D eigenvalue weighted by atomic mass is 16.6. The molecule has 0 aromatic heterocycles. The molecule has 73 heavy (non-hydrogen) atoms. The van der Waals surface area contributed by atoms with Gasteiger partial charge in [0.2, 0.25) is 5.79 Å². The van der Waals surface area contributed by atoms with Crippen LogP contribution in [0.25, 0.3) is 0 Å². The molecule has 414 valence electrons. The SMILES string of the molecule is CO[C@@H]1C[C@H](C[C@@H](C)[C@@H]2CC(=O)[C@H](C)/C=C(\C)[C@H](O)[C@@H](OC)C(=O)[C@H](C)C[C@H](C)/C=C/C=C/C=C(\C)[C@@H](OCCOCCOCCO)C[C@@H]3CC[C@@H](C)[C@@](O)(O3)C(=O)C(=O)N3CCCC[C@H]3C(=O)O2)CC[C@H]1O. The van der Waals surface area contributed by atoms with E-state index in [1.54, 1.807) is 40.9 Å². The van der Waals surface area contributed by atoms with Crippen molar-refractivity contribution >= 4 is 29.2 Å². The Labute approximate surface area is 434 Å². The molecular weight excluding hydrogens is 943 g/mol. The first kappa shape index (κ1) is 62.1. The second-order valence-electron chi connectivity index (χ2n) is 21.2. The predicted octanol–water partition coefficient (Wildman–Crippen LogP) is 5.58. The van der Waals surface area contributed by atoms with Gasteiger partial charge in [-0.1, -0.05) is 71.1 Å². The molecule has 2 bridgehead atoms. The molecule has 1 amide bonds. The van der Waals surface area contributed by atoms with Crippen molar-refractivity contribution in [3.05, 3.63) is 47.6 Å². The number of ketones is 3. The molecule has 3 heterocycles. The highest BCUT2D eigenvalue weighted by Gasteiger charge is 2.53. The Morgan fingerprint density at radius 2 is 1.53 bits per heavy atom. The molecule has 0 aromatic rings. The van der Waals surface area contributed by atoms with Crippen molar-refractivity contribution in [1.82, 2.24) is 4.90 Å². The minimum atomic E-state index is -2.49. The first-order valence-corrected chi connectivity index (χ1v) is 26.8. The molecule has 0 radical (unpaired) electrons. The van der Waals surface area contributed by atoms with E-state index in [0.717, 1.165) is 5.57 Å². The minimum absolute atomic E-state index is 0.0192. The molecule has 2 saturated heterocycles. The molecule has 3 fully saturated rings. The highest BCUT2D eigenvalue weighted by Crippen LogP contribution is 2.38. The zero-order valence-corrected chi connectivity index (χ0v) is 45.1. The van der Waals surface area contributed by atoms with Crippen molar-refractivity contribution in [1.29, 1.82) is 0 Å². The standard InChI is InChI=1S/C56H89NO16/c1-35-15-11-10-12-16-36(2)47(71-28-27-70-26-25-69-24-23-58)33-43-20-18-41(7)56(66,73-43)53(63)54(64)57-22-14-13-17-44(57)55(65)72-48(38(4)31-42-19-21-45(59)49(32-42)67-8)34-46(60)37(3)30-40(6)51(62)52(68-9)50(61)39(5)29-35/h10-12,15-16,30,35,37-39,41-45,47-49,51-52,58-59,62,66H,13-14,17-29,31-34H2,1-9H3/b12-10+,15-11+,36-16+,40-30+/t35-,37-,38-,39-,41-,42+,43+,44+,45-,47+,48+,49-,51+,52+,56-/m1/s1. The lowest BCUT2D eigenvalue weighted by molar-refractivity contribution is -0.266. The predicted molar refractivity (Wildman–Crippen MR) is 273 cm³/mol. The molecule has 15 atom stereocenters. The number of piperidine rings is 1. The molecule has 0 aromatic carbocycles. The minimum Gasteiger partial charge on any atom is -0.460 e. The van der Waals surface area contributed by atoms with Crippen LogP contribution in [0.15, 0.2) is 47.6 Å². The lowest BCUT2D eigenvalue weighted by Crippen LogP contribution is -2.61. The Morgan fingerprint density at radius 3 is 2.23 bits per heavy atom. The number of rotatable bonds is 14. The zero-order chi connectivity index (χ0) is 53.8. The normalized spacial score (nSPS) is 37.3. The Bertz CT molecular complexity index is 1900. The van der Waals surface area contributed by atoms with Crippen LogP contribution < -0.4 is 0 Å². The van der Waals surface area contributed by atoms with E-state index in [4.69, 9.17) is 38.3 Å². The number of aliphatic hydroxyl groups excluding tert-OH is 3. The van der Waals surface area contributed by atoms with Crippen molar-refractivity contribution in [3.8, 4) is 0 Å². The molecule has 4 aliphatic rings. The topological polar surface area (TPSA) is 234 Å². The van der Waals surface area contributed by atoms with E-state index in [0.29, 0.717) is 76.6 Å². The van der Waals surface area contributed by atoms with Crippen LogP contribution in [0.5, 0.6) is 0 Å². The summed E-state index contributed by atoms with van der Waals surface area (Å²) in [5, 5.41) is 43.1. The molecule has 17 nitrogen and oxygen atoms in total. The number of aliphatic hydroxyl groups is 4. The maximum atomic E-state index is 14.5. The van der Waals surface area contributed by atoms with Gasteiger partial charge in [-0.3, -0.25) is 19.2 Å². The summed E-state index contributed by atoms with van der Waals surface area (Å²) in [5.74, 6) is -8.31. The molecule has 4 N–H and O–H groups in total. The quantitative estimate of drug-likeness (QED) is 0.0720. The summed E-state index contributed by atoms with van der Waals surface area (Å²) in [5.41, 5.74) is 1.20. The van der Waals surface area contributed by atoms with Crippen LogP contribution in [-0.4, -0.2) is 170 Å². The van der Waals surface area contributed by atoms with Gasteiger partial charge < -0.3 is 58.5 Å². The molecule has 0 unspecified atom stereocenters. The van der Waals surface area contributed by atoms with Gasteiger partial charge in [-0.2, -0.15) is 0 Å². The van der Waals surface area contributed by atoms with Crippen molar-refractivity contribution in [2.24, 2.45) is 35.5 Å². The molecular formula is C56H89NO16. The number of Topliss-reactive ketones (excluding diaryl/α,β-unsaturated/α-hetero) is 3. The van der Waals surface area contributed by atoms with Gasteiger partial charge in [0.1, 0.15) is 30.1 Å². The fourth-order valence-electron chi connectivity index (χ4n) is 10.7. The molecule has 3 aliphatic heterocycles. The molecule has 1 aliphatic carbocycles. The van der Waals surface area contributed by atoms with Crippen molar-refractivity contribution in [2.75, 3.05) is 60.4 Å². The molecule has 17 heteroatoms. The summed E-state index contributed by atoms with van der Waals surface area (Å²) < 4.78 is 41.0. The number of allylic oxidation sites excluding steroid dienone is 6. The zero-order valence-electron chi connectivity index (χ0n) is 45.1. The lowest BCUT2D eigenvalue weighted by Gasteiger charge is -2.43. The number of hydrogen-bond donors (Lipinski definition) is 4. The third-order valence-electron chi connectivity index (χ3n) is 15.3. The first-order valence-electron chi connectivity index (χ1n) is 26.8. The molecule has 0 spiro atoms. The maximum absolute atomic E-state index is 14.5. The van der Waals surface area contributed by atoms with Crippen molar-refractivity contribution in [2.45, 2.75) is 180 Å². The van der Waals surface area contributed by atoms with Crippen molar-refractivity contribution in [3.63, 3.8) is 0 Å². The monoisotopic (exact) mass is 1030 g/mol. The number of ether oxygens (including phenoxy) is 7. The number of methoxy groups -OCH3 is 2. The summed E-state index contributed by atoms with van der Waals surface area (Å²) in [6, 6.07) is -1.17. The average molecular weight is 1030 g/mol. The number of carbonyl (C=O) groups excluding carboxylic acids is 5. The van der Waals surface area contributed by atoms with Gasteiger partial charge in [0.15, 0.2) is 5.78 Å². The Kier molecular flexibility index (Phi) is 26.3. The third-order valence-corrected chi connectivity index (χ3v) is 15.3. The lowest BCUT2D eigenvalue weighted by atomic mass is 9.78. The maximum Gasteiger partial charge on any atom is 0.329 e. The first-order chi connectivity index (χ1) is 34.7. The van der Waals surface area contributed by atoms with E-state index >= 15 is 0 Å². The van der Waals surface area contributed by atoms with Crippen LogP contribution in [0, 0.1) is 35.5 Å². The number of cyclic esters (lactones) is 1. The summed E-state index contributed by atoms with van der Waals surface area (Å²) >= 11 is 0.